The summed E-state index contributed by atoms with van der Waals surface area (Å²) in [5.41, 5.74) is 1.49. The molecule has 3 aromatic rings. The van der Waals surface area contributed by atoms with Gasteiger partial charge in [-0.15, -0.1) is 0 Å². The van der Waals surface area contributed by atoms with Gasteiger partial charge in [-0.2, -0.15) is 0 Å². The van der Waals surface area contributed by atoms with Crippen LogP contribution in [0.5, 0.6) is 0 Å². The SMILES string of the molecule is O=C(NS(=O)(=O)c1ccccc1)[C@H](Cc1ccccc1)N1C(=O)N[C@@H](Cc2ccc(Br)cc2)C1=O. The Kier molecular flexibility index (Phi) is 7.32. The van der Waals surface area contributed by atoms with Crippen LogP contribution < -0.4 is 10.0 Å². The molecule has 180 valence electrons. The smallest absolute Gasteiger partial charge is 0.325 e. The van der Waals surface area contributed by atoms with Crippen molar-refractivity contribution in [3.63, 3.8) is 0 Å². The summed E-state index contributed by atoms with van der Waals surface area (Å²) in [5.74, 6) is -1.56. The molecular formula is C25H22BrN3O5S. The van der Waals surface area contributed by atoms with E-state index in [1.807, 2.05) is 29.0 Å². The number of hydrogen-bond acceptors (Lipinski definition) is 5. The zero-order chi connectivity index (χ0) is 25.0. The monoisotopic (exact) mass is 555 g/mol. The Balaban J connectivity index is 1.60. The number of halogens is 1. The average Bonchev–Trinajstić information content (AvgIpc) is 3.12. The molecule has 1 fully saturated rings. The first kappa shape index (κ1) is 24.6. The minimum Gasteiger partial charge on any atom is -0.325 e. The fourth-order valence-corrected chi connectivity index (χ4v) is 5.13. The molecule has 0 radical (unpaired) electrons. The molecule has 2 atom stereocenters. The van der Waals surface area contributed by atoms with E-state index in [-0.39, 0.29) is 17.7 Å². The van der Waals surface area contributed by atoms with Gasteiger partial charge in [0.1, 0.15) is 12.1 Å². The quantitative estimate of drug-likeness (QED) is 0.415. The summed E-state index contributed by atoms with van der Waals surface area (Å²) in [6.45, 7) is 0. The van der Waals surface area contributed by atoms with E-state index in [2.05, 4.69) is 21.2 Å². The Labute approximate surface area is 211 Å². The van der Waals surface area contributed by atoms with Crippen LogP contribution in [0.3, 0.4) is 0 Å². The van der Waals surface area contributed by atoms with Gasteiger partial charge in [0.05, 0.1) is 4.90 Å². The molecular weight excluding hydrogens is 534 g/mol. The highest BCUT2D eigenvalue weighted by molar-refractivity contribution is 9.10. The lowest BCUT2D eigenvalue weighted by Gasteiger charge is -2.24. The van der Waals surface area contributed by atoms with Crippen LogP contribution >= 0.6 is 15.9 Å². The molecule has 0 unspecified atom stereocenters. The van der Waals surface area contributed by atoms with Crippen molar-refractivity contribution in [1.29, 1.82) is 0 Å². The van der Waals surface area contributed by atoms with Crippen molar-refractivity contribution >= 4 is 43.8 Å². The van der Waals surface area contributed by atoms with Crippen molar-refractivity contribution in [3.05, 3.63) is 101 Å². The fraction of sp³-hybridized carbons (Fsp3) is 0.160. The second-order valence-electron chi connectivity index (χ2n) is 8.03. The molecule has 1 heterocycles. The summed E-state index contributed by atoms with van der Waals surface area (Å²) in [5, 5.41) is 2.63. The van der Waals surface area contributed by atoms with E-state index in [4.69, 9.17) is 0 Å². The molecule has 0 aliphatic carbocycles. The van der Waals surface area contributed by atoms with Crippen LogP contribution in [0.4, 0.5) is 4.79 Å². The maximum atomic E-state index is 13.3. The number of urea groups is 1. The minimum atomic E-state index is -4.20. The van der Waals surface area contributed by atoms with Gasteiger partial charge < -0.3 is 5.32 Å². The zero-order valence-electron chi connectivity index (χ0n) is 18.4. The van der Waals surface area contributed by atoms with E-state index in [9.17, 15) is 22.8 Å². The molecule has 35 heavy (non-hydrogen) atoms. The number of carbonyl (C=O) groups is 3. The van der Waals surface area contributed by atoms with E-state index in [0.717, 1.165) is 14.9 Å². The molecule has 8 nitrogen and oxygen atoms in total. The fourth-order valence-electron chi connectivity index (χ4n) is 3.84. The number of rotatable bonds is 8. The van der Waals surface area contributed by atoms with Gasteiger partial charge in [0.15, 0.2) is 0 Å². The summed E-state index contributed by atoms with van der Waals surface area (Å²) in [4.78, 5) is 40.1. The first-order valence-corrected chi connectivity index (χ1v) is 13.1. The van der Waals surface area contributed by atoms with Gasteiger partial charge in [-0.05, 0) is 35.4 Å². The summed E-state index contributed by atoms with van der Waals surface area (Å²) in [6, 6.07) is 20.5. The Morgan fingerprint density at radius 1 is 0.914 bits per heavy atom. The largest absolute Gasteiger partial charge is 0.325 e. The predicted octanol–water partition coefficient (Wildman–Crippen LogP) is 3.03. The van der Waals surface area contributed by atoms with Gasteiger partial charge in [0, 0.05) is 17.3 Å². The van der Waals surface area contributed by atoms with Crippen molar-refractivity contribution in [2.24, 2.45) is 0 Å². The lowest BCUT2D eigenvalue weighted by molar-refractivity contribution is -0.135. The van der Waals surface area contributed by atoms with E-state index in [0.29, 0.717) is 5.56 Å². The van der Waals surface area contributed by atoms with Crippen molar-refractivity contribution in [2.45, 2.75) is 29.8 Å². The lowest BCUT2D eigenvalue weighted by atomic mass is 10.0. The molecule has 4 rings (SSSR count). The normalized spacial score (nSPS) is 16.6. The van der Waals surface area contributed by atoms with Crippen molar-refractivity contribution in [3.8, 4) is 0 Å². The summed E-state index contributed by atoms with van der Waals surface area (Å²) >= 11 is 3.36. The molecule has 1 aliphatic heterocycles. The molecule has 4 amide bonds. The predicted molar refractivity (Wildman–Crippen MR) is 133 cm³/mol. The number of amides is 4. The number of imide groups is 1. The first-order chi connectivity index (χ1) is 16.7. The molecule has 0 aromatic heterocycles. The number of nitrogens with zero attached hydrogens (tertiary/aromatic N) is 1. The van der Waals surface area contributed by atoms with Crippen LogP contribution in [0, 0.1) is 0 Å². The van der Waals surface area contributed by atoms with E-state index >= 15 is 0 Å². The van der Waals surface area contributed by atoms with E-state index < -0.39 is 40.0 Å². The zero-order valence-corrected chi connectivity index (χ0v) is 20.8. The second-order valence-corrected chi connectivity index (χ2v) is 10.6. The average molecular weight is 556 g/mol. The molecule has 1 aliphatic rings. The Hall–Kier alpha value is -3.50. The van der Waals surface area contributed by atoms with Crippen molar-refractivity contribution < 1.29 is 22.8 Å². The van der Waals surface area contributed by atoms with Gasteiger partial charge in [0.25, 0.3) is 21.8 Å². The second kappa shape index (κ2) is 10.4. The topological polar surface area (TPSA) is 113 Å². The third kappa shape index (κ3) is 5.77. The van der Waals surface area contributed by atoms with Crippen LogP contribution in [-0.2, 0) is 32.5 Å². The first-order valence-electron chi connectivity index (χ1n) is 10.8. The highest BCUT2D eigenvalue weighted by Gasteiger charge is 2.45. The van der Waals surface area contributed by atoms with Crippen molar-refractivity contribution in [1.82, 2.24) is 14.9 Å². The molecule has 10 heteroatoms. The third-order valence-electron chi connectivity index (χ3n) is 5.58. The number of nitrogens with one attached hydrogen (secondary N) is 2. The number of sulfonamides is 1. The highest BCUT2D eigenvalue weighted by Crippen LogP contribution is 2.20. The van der Waals surface area contributed by atoms with Crippen LogP contribution in [0.15, 0.2) is 94.3 Å². The van der Waals surface area contributed by atoms with Gasteiger partial charge >= 0.3 is 6.03 Å². The summed E-state index contributed by atoms with van der Waals surface area (Å²) in [6.07, 6.45) is 0.192. The van der Waals surface area contributed by atoms with Crippen molar-refractivity contribution in [2.75, 3.05) is 0 Å². The van der Waals surface area contributed by atoms with Gasteiger partial charge in [-0.1, -0.05) is 76.6 Å². The highest BCUT2D eigenvalue weighted by atomic mass is 79.9. The molecule has 2 N–H and O–H groups in total. The van der Waals surface area contributed by atoms with Crippen LogP contribution in [0.25, 0.3) is 0 Å². The number of hydrogen-bond donors (Lipinski definition) is 2. The summed E-state index contributed by atoms with van der Waals surface area (Å²) in [7, 11) is -4.20. The molecule has 1 saturated heterocycles. The standard InChI is InChI=1S/C25H22BrN3O5S/c26-19-13-11-18(12-14-19)15-21-24(31)29(25(32)27-21)22(16-17-7-3-1-4-8-17)23(30)28-35(33,34)20-9-5-2-6-10-20/h1-14,21-22H,15-16H2,(H,27,32)(H,28,30)/t21-,22-/m0/s1. The maximum absolute atomic E-state index is 13.3. The summed E-state index contributed by atoms with van der Waals surface area (Å²) < 4.78 is 28.5. The minimum absolute atomic E-state index is 0.0405. The van der Waals surface area contributed by atoms with Gasteiger partial charge in [-0.25, -0.2) is 22.8 Å². The molecule has 3 aromatic carbocycles. The van der Waals surface area contributed by atoms with Gasteiger partial charge in [-0.3, -0.25) is 9.59 Å². The number of benzene rings is 3. The number of carbonyl (C=O) groups excluding carboxylic acids is 3. The lowest BCUT2D eigenvalue weighted by Crippen LogP contribution is -2.52. The molecule has 0 spiro atoms. The van der Waals surface area contributed by atoms with E-state index in [1.54, 1.807) is 36.4 Å². The molecule has 0 saturated carbocycles. The Morgan fingerprint density at radius 3 is 2.14 bits per heavy atom. The van der Waals surface area contributed by atoms with E-state index in [1.165, 1.54) is 24.3 Å². The Morgan fingerprint density at radius 2 is 1.51 bits per heavy atom. The van der Waals surface area contributed by atoms with Crippen LogP contribution in [0.2, 0.25) is 0 Å². The van der Waals surface area contributed by atoms with Crippen LogP contribution in [0.1, 0.15) is 11.1 Å². The Bertz CT molecular complexity index is 1330. The molecule has 0 bridgehead atoms. The van der Waals surface area contributed by atoms with Crippen LogP contribution in [-0.4, -0.2) is 43.2 Å². The van der Waals surface area contributed by atoms with Gasteiger partial charge in [0.2, 0.25) is 0 Å². The maximum Gasteiger partial charge on any atom is 0.325 e. The third-order valence-corrected chi connectivity index (χ3v) is 7.47.